The van der Waals surface area contributed by atoms with Crippen molar-refractivity contribution in [1.29, 1.82) is 0 Å². The molecule has 0 aromatic heterocycles. The van der Waals surface area contributed by atoms with Crippen LogP contribution in [0.4, 0.5) is 0 Å². The van der Waals surface area contributed by atoms with E-state index in [-0.39, 0.29) is 0 Å². The lowest BCUT2D eigenvalue weighted by Crippen LogP contribution is -2.25. The number of ether oxygens (including phenoxy) is 2. The average Bonchev–Trinajstić information content (AvgIpc) is 2.99. The van der Waals surface area contributed by atoms with Gasteiger partial charge in [-0.3, -0.25) is 0 Å². The SMILES string of the molecule is NCCOCCNCCOCC1CC1. The van der Waals surface area contributed by atoms with E-state index in [1.807, 2.05) is 0 Å². The van der Waals surface area contributed by atoms with Gasteiger partial charge in [-0.2, -0.15) is 0 Å². The van der Waals surface area contributed by atoms with Gasteiger partial charge in [0, 0.05) is 26.2 Å². The lowest BCUT2D eigenvalue weighted by atomic mass is 10.5. The highest BCUT2D eigenvalue weighted by atomic mass is 16.5. The highest BCUT2D eigenvalue weighted by Crippen LogP contribution is 2.28. The zero-order chi connectivity index (χ0) is 10.1. The monoisotopic (exact) mass is 202 g/mol. The normalized spacial score (nSPS) is 16.1. The quantitative estimate of drug-likeness (QED) is 0.489. The summed E-state index contributed by atoms with van der Waals surface area (Å²) >= 11 is 0. The van der Waals surface area contributed by atoms with Crippen molar-refractivity contribution in [2.75, 3.05) is 46.1 Å². The molecule has 0 aromatic rings. The third kappa shape index (κ3) is 7.26. The molecule has 0 unspecified atom stereocenters. The molecule has 84 valence electrons. The largest absolute Gasteiger partial charge is 0.380 e. The standard InChI is InChI=1S/C10H22N2O2/c11-3-6-13-7-4-12-5-8-14-9-10-1-2-10/h10,12H,1-9,11H2. The molecule has 0 radical (unpaired) electrons. The van der Waals surface area contributed by atoms with Gasteiger partial charge >= 0.3 is 0 Å². The molecule has 0 atom stereocenters. The molecule has 1 saturated carbocycles. The van der Waals surface area contributed by atoms with E-state index in [0.29, 0.717) is 13.2 Å². The molecule has 0 saturated heterocycles. The molecular weight excluding hydrogens is 180 g/mol. The molecule has 0 bridgehead atoms. The summed E-state index contributed by atoms with van der Waals surface area (Å²) < 4.78 is 10.7. The zero-order valence-electron chi connectivity index (χ0n) is 8.84. The van der Waals surface area contributed by atoms with E-state index < -0.39 is 0 Å². The van der Waals surface area contributed by atoms with Crippen LogP contribution in [0.1, 0.15) is 12.8 Å². The molecule has 0 heterocycles. The Bertz CT molecular complexity index is 129. The van der Waals surface area contributed by atoms with Crippen LogP contribution >= 0.6 is 0 Å². The van der Waals surface area contributed by atoms with Crippen LogP contribution in [0.3, 0.4) is 0 Å². The molecule has 14 heavy (non-hydrogen) atoms. The van der Waals surface area contributed by atoms with Crippen molar-refractivity contribution in [3.05, 3.63) is 0 Å². The van der Waals surface area contributed by atoms with E-state index in [0.717, 1.165) is 38.8 Å². The topological polar surface area (TPSA) is 56.5 Å². The Morgan fingerprint density at radius 2 is 1.79 bits per heavy atom. The summed E-state index contributed by atoms with van der Waals surface area (Å²) in [4.78, 5) is 0. The Labute approximate surface area is 86.1 Å². The summed E-state index contributed by atoms with van der Waals surface area (Å²) in [6.07, 6.45) is 2.72. The van der Waals surface area contributed by atoms with Gasteiger partial charge in [-0.25, -0.2) is 0 Å². The Hall–Kier alpha value is -0.160. The molecule has 0 aromatic carbocycles. The molecule has 1 aliphatic carbocycles. The van der Waals surface area contributed by atoms with Crippen LogP contribution in [-0.2, 0) is 9.47 Å². The molecule has 4 nitrogen and oxygen atoms in total. The van der Waals surface area contributed by atoms with Crippen molar-refractivity contribution < 1.29 is 9.47 Å². The van der Waals surface area contributed by atoms with Crippen LogP contribution in [0.2, 0.25) is 0 Å². The molecule has 1 fully saturated rings. The number of hydrogen-bond acceptors (Lipinski definition) is 4. The lowest BCUT2D eigenvalue weighted by molar-refractivity contribution is 0.118. The van der Waals surface area contributed by atoms with Crippen molar-refractivity contribution >= 4 is 0 Å². The Balaban J connectivity index is 1.63. The minimum atomic E-state index is 0.602. The van der Waals surface area contributed by atoms with Crippen LogP contribution < -0.4 is 11.1 Å². The van der Waals surface area contributed by atoms with Crippen LogP contribution in [-0.4, -0.2) is 46.1 Å². The van der Waals surface area contributed by atoms with E-state index in [1.54, 1.807) is 0 Å². The summed E-state index contributed by atoms with van der Waals surface area (Å²) in [5, 5.41) is 3.25. The van der Waals surface area contributed by atoms with Crippen molar-refractivity contribution in [1.82, 2.24) is 5.32 Å². The van der Waals surface area contributed by atoms with Gasteiger partial charge in [0.15, 0.2) is 0 Å². The maximum absolute atomic E-state index is 5.46. The van der Waals surface area contributed by atoms with Crippen molar-refractivity contribution in [2.45, 2.75) is 12.8 Å². The number of nitrogens with one attached hydrogen (secondary N) is 1. The van der Waals surface area contributed by atoms with E-state index >= 15 is 0 Å². The smallest absolute Gasteiger partial charge is 0.0591 e. The lowest BCUT2D eigenvalue weighted by Gasteiger charge is -2.05. The third-order valence-corrected chi connectivity index (χ3v) is 2.16. The van der Waals surface area contributed by atoms with Gasteiger partial charge in [0.25, 0.3) is 0 Å². The number of rotatable bonds is 10. The van der Waals surface area contributed by atoms with Gasteiger partial charge in [-0.1, -0.05) is 0 Å². The summed E-state index contributed by atoms with van der Waals surface area (Å²) in [7, 11) is 0. The molecule has 1 rings (SSSR count). The molecule has 0 spiro atoms. The van der Waals surface area contributed by atoms with Gasteiger partial charge in [0.1, 0.15) is 0 Å². The highest BCUT2D eigenvalue weighted by Gasteiger charge is 2.20. The maximum atomic E-state index is 5.46. The van der Waals surface area contributed by atoms with Crippen LogP contribution in [0, 0.1) is 5.92 Å². The van der Waals surface area contributed by atoms with Crippen LogP contribution in [0.25, 0.3) is 0 Å². The van der Waals surface area contributed by atoms with E-state index in [2.05, 4.69) is 5.32 Å². The van der Waals surface area contributed by atoms with Crippen molar-refractivity contribution in [3.8, 4) is 0 Å². The third-order valence-electron chi connectivity index (χ3n) is 2.16. The second-order valence-corrected chi connectivity index (χ2v) is 3.67. The first kappa shape index (κ1) is 11.9. The Morgan fingerprint density at radius 3 is 2.43 bits per heavy atom. The fourth-order valence-corrected chi connectivity index (χ4v) is 1.13. The minimum Gasteiger partial charge on any atom is -0.380 e. The molecule has 0 amide bonds. The second-order valence-electron chi connectivity index (χ2n) is 3.67. The van der Waals surface area contributed by atoms with Crippen LogP contribution in [0.15, 0.2) is 0 Å². The maximum Gasteiger partial charge on any atom is 0.0591 e. The van der Waals surface area contributed by atoms with Crippen molar-refractivity contribution in [2.24, 2.45) is 11.7 Å². The summed E-state index contributed by atoms with van der Waals surface area (Å²) in [5.74, 6) is 0.864. The van der Waals surface area contributed by atoms with Crippen LogP contribution in [0.5, 0.6) is 0 Å². The molecular formula is C10H22N2O2. The van der Waals surface area contributed by atoms with Gasteiger partial charge in [0.2, 0.25) is 0 Å². The fourth-order valence-electron chi connectivity index (χ4n) is 1.13. The summed E-state index contributed by atoms with van der Waals surface area (Å²) in [5.41, 5.74) is 5.28. The first-order valence-corrected chi connectivity index (χ1v) is 5.49. The van der Waals surface area contributed by atoms with E-state index in [1.165, 1.54) is 12.8 Å². The Kier molecular flexibility index (Phi) is 6.95. The summed E-state index contributed by atoms with van der Waals surface area (Å²) in [6.45, 7) is 5.55. The molecule has 3 N–H and O–H groups in total. The fraction of sp³-hybridized carbons (Fsp3) is 1.00. The predicted molar refractivity (Wildman–Crippen MR) is 56.3 cm³/mol. The summed E-state index contributed by atoms with van der Waals surface area (Å²) in [6, 6.07) is 0. The van der Waals surface area contributed by atoms with Gasteiger partial charge in [-0.15, -0.1) is 0 Å². The Morgan fingerprint density at radius 1 is 1.07 bits per heavy atom. The second kappa shape index (κ2) is 8.17. The number of nitrogens with two attached hydrogens (primary N) is 1. The minimum absolute atomic E-state index is 0.602. The van der Waals surface area contributed by atoms with Gasteiger partial charge in [0.05, 0.1) is 19.8 Å². The first-order valence-electron chi connectivity index (χ1n) is 5.49. The highest BCUT2D eigenvalue weighted by molar-refractivity contribution is 4.71. The first-order chi connectivity index (χ1) is 6.93. The number of hydrogen-bond donors (Lipinski definition) is 2. The van der Waals surface area contributed by atoms with Crippen molar-refractivity contribution in [3.63, 3.8) is 0 Å². The molecule has 1 aliphatic rings. The molecule has 0 aliphatic heterocycles. The van der Waals surface area contributed by atoms with E-state index in [4.69, 9.17) is 15.2 Å². The van der Waals surface area contributed by atoms with Gasteiger partial charge < -0.3 is 20.5 Å². The van der Waals surface area contributed by atoms with E-state index in [9.17, 15) is 0 Å². The zero-order valence-corrected chi connectivity index (χ0v) is 8.84. The molecule has 4 heteroatoms. The predicted octanol–water partition coefficient (Wildman–Crippen LogP) is -0.0221. The average molecular weight is 202 g/mol. The van der Waals surface area contributed by atoms with Gasteiger partial charge in [-0.05, 0) is 18.8 Å².